The fourth-order valence-electron chi connectivity index (χ4n) is 2.94. The summed E-state index contributed by atoms with van der Waals surface area (Å²) in [7, 11) is -1.47. The van der Waals surface area contributed by atoms with Crippen LogP contribution in [0.15, 0.2) is 22.1 Å². The molecule has 0 aliphatic heterocycles. The topological polar surface area (TPSA) is 64.8 Å². The average Bonchev–Trinajstić information content (AvgIpc) is 3.15. The highest BCUT2D eigenvalue weighted by Crippen LogP contribution is 2.34. The molecule has 7 heteroatoms. The first-order valence-corrected chi connectivity index (χ1v) is 10.2. The van der Waals surface area contributed by atoms with E-state index >= 15 is 0 Å². The molecule has 0 unspecified atom stereocenters. The van der Waals surface area contributed by atoms with Gasteiger partial charge in [0.25, 0.3) is 0 Å². The highest BCUT2D eigenvalue weighted by molar-refractivity contribution is 7.93. The molecular weight excluding hydrogens is 318 g/mol. The third kappa shape index (κ3) is 3.57. The highest BCUT2D eigenvalue weighted by atomic mass is 32.2. The van der Waals surface area contributed by atoms with Crippen LogP contribution in [0.4, 0.5) is 0 Å². The number of hydrogen-bond acceptors (Lipinski definition) is 5. The molecule has 0 bridgehead atoms. The van der Waals surface area contributed by atoms with E-state index in [-0.39, 0.29) is 10.1 Å². The molecule has 1 aliphatic rings. The van der Waals surface area contributed by atoms with Crippen LogP contribution in [0.3, 0.4) is 0 Å². The number of hydrogen-bond donors (Lipinski definition) is 0. The lowest BCUT2D eigenvalue weighted by Crippen LogP contribution is -2.10. The molecule has 120 valence electrons. The molecule has 22 heavy (non-hydrogen) atoms. The summed E-state index contributed by atoms with van der Waals surface area (Å²) >= 11 is 1.27. The molecule has 0 N–H and O–H groups in total. The molecule has 5 nitrogen and oxygen atoms in total. The third-order valence-corrected chi connectivity index (χ3v) is 7.28. The zero-order chi connectivity index (χ0) is 15.6. The molecule has 1 aliphatic carbocycles. The van der Waals surface area contributed by atoms with Crippen LogP contribution in [-0.2, 0) is 23.3 Å². The lowest BCUT2D eigenvalue weighted by molar-refractivity contribution is 0.437. The molecule has 0 spiro atoms. The lowest BCUT2D eigenvalue weighted by atomic mass is 9.87. The Morgan fingerprint density at radius 1 is 1.32 bits per heavy atom. The standard InChI is InChI=1S/C15H21N3O2S2/c1-18-10-12(9-16-18)7-8-22(19,20)15-17-14(11-21-15)13-5-3-2-4-6-13/h9-11,13H,2-8H2,1H3. The smallest absolute Gasteiger partial charge is 0.209 e. The van der Waals surface area contributed by atoms with Gasteiger partial charge in [0.05, 0.1) is 17.6 Å². The van der Waals surface area contributed by atoms with Crippen molar-refractivity contribution in [1.29, 1.82) is 0 Å². The van der Waals surface area contributed by atoms with Crippen molar-refractivity contribution >= 4 is 21.2 Å². The number of sulfone groups is 1. The highest BCUT2D eigenvalue weighted by Gasteiger charge is 2.23. The Balaban J connectivity index is 1.68. The van der Waals surface area contributed by atoms with Crippen molar-refractivity contribution in [2.24, 2.45) is 7.05 Å². The Morgan fingerprint density at radius 2 is 2.09 bits per heavy atom. The van der Waals surface area contributed by atoms with Crippen molar-refractivity contribution in [2.75, 3.05) is 5.75 Å². The predicted octanol–water partition coefficient (Wildman–Crippen LogP) is 2.94. The number of aromatic nitrogens is 3. The Bertz CT molecular complexity index is 728. The van der Waals surface area contributed by atoms with Crippen molar-refractivity contribution in [3.05, 3.63) is 29.0 Å². The van der Waals surface area contributed by atoms with Crippen LogP contribution in [0.25, 0.3) is 0 Å². The van der Waals surface area contributed by atoms with Gasteiger partial charge < -0.3 is 0 Å². The van der Waals surface area contributed by atoms with Crippen LogP contribution < -0.4 is 0 Å². The van der Waals surface area contributed by atoms with Crippen molar-refractivity contribution < 1.29 is 8.42 Å². The fourth-order valence-corrected chi connectivity index (χ4v) is 5.47. The molecule has 0 saturated heterocycles. The van der Waals surface area contributed by atoms with Crippen LogP contribution in [0.2, 0.25) is 0 Å². The largest absolute Gasteiger partial charge is 0.276 e. The van der Waals surface area contributed by atoms with Crippen LogP contribution in [-0.4, -0.2) is 28.9 Å². The minimum atomic E-state index is -3.30. The van der Waals surface area contributed by atoms with E-state index in [1.165, 1.54) is 30.6 Å². The molecular formula is C15H21N3O2S2. The predicted molar refractivity (Wildman–Crippen MR) is 86.9 cm³/mol. The summed E-state index contributed by atoms with van der Waals surface area (Å²) in [5.74, 6) is 0.545. The molecule has 0 radical (unpaired) electrons. The first kappa shape index (κ1) is 15.7. The molecule has 0 amide bonds. The maximum Gasteiger partial charge on any atom is 0.209 e. The van der Waals surface area contributed by atoms with Gasteiger partial charge in [0, 0.05) is 24.5 Å². The second-order valence-electron chi connectivity index (χ2n) is 5.96. The maximum atomic E-state index is 12.4. The van der Waals surface area contributed by atoms with Crippen molar-refractivity contribution in [3.63, 3.8) is 0 Å². The summed E-state index contributed by atoms with van der Waals surface area (Å²) in [6.45, 7) is 0. The van der Waals surface area contributed by atoms with Crippen LogP contribution >= 0.6 is 11.3 Å². The monoisotopic (exact) mass is 339 g/mol. The number of rotatable bonds is 5. The van der Waals surface area contributed by atoms with E-state index in [2.05, 4.69) is 10.1 Å². The van der Waals surface area contributed by atoms with Crippen LogP contribution in [0, 0.1) is 0 Å². The van der Waals surface area contributed by atoms with Gasteiger partial charge in [-0.15, -0.1) is 11.3 Å². The second-order valence-corrected chi connectivity index (χ2v) is 9.11. The first-order chi connectivity index (χ1) is 10.5. The number of aryl methyl sites for hydroxylation is 2. The van der Waals surface area contributed by atoms with Gasteiger partial charge in [-0.3, -0.25) is 4.68 Å². The van der Waals surface area contributed by atoms with Gasteiger partial charge in [-0.25, -0.2) is 13.4 Å². The minimum Gasteiger partial charge on any atom is -0.276 e. The minimum absolute atomic E-state index is 0.0936. The van der Waals surface area contributed by atoms with Crippen molar-refractivity contribution in [1.82, 2.24) is 14.8 Å². The summed E-state index contributed by atoms with van der Waals surface area (Å²) in [6, 6.07) is 0. The molecule has 2 aromatic heterocycles. The van der Waals surface area contributed by atoms with Gasteiger partial charge >= 0.3 is 0 Å². The SMILES string of the molecule is Cn1cc(CCS(=O)(=O)c2nc(C3CCCCC3)cs2)cn1. The molecule has 3 rings (SSSR count). The Kier molecular flexibility index (Phi) is 4.63. The zero-order valence-corrected chi connectivity index (χ0v) is 14.4. The van der Waals surface area contributed by atoms with E-state index in [1.807, 2.05) is 18.6 Å². The number of thiazole rings is 1. The summed E-state index contributed by atoms with van der Waals surface area (Å²) in [6.07, 6.45) is 10.1. The van der Waals surface area contributed by atoms with E-state index in [1.54, 1.807) is 10.9 Å². The van der Waals surface area contributed by atoms with Crippen LogP contribution in [0.5, 0.6) is 0 Å². The number of nitrogens with zero attached hydrogens (tertiary/aromatic N) is 3. The van der Waals surface area contributed by atoms with Gasteiger partial charge in [-0.2, -0.15) is 5.10 Å². The van der Waals surface area contributed by atoms with Crippen molar-refractivity contribution in [2.45, 2.75) is 48.8 Å². The zero-order valence-electron chi connectivity index (χ0n) is 12.7. The van der Waals surface area contributed by atoms with Gasteiger partial charge in [0.2, 0.25) is 14.2 Å². The quantitative estimate of drug-likeness (QED) is 0.840. The van der Waals surface area contributed by atoms with Gasteiger partial charge in [-0.1, -0.05) is 19.3 Å². The summed E-state index contributed by atoms with van der Waals surface area (Å²) in [4.78, 5) is 4.43. The summed E-state index contributed by atoms with van der Waals surface area (Å²) in [5, 5.41) is 6.00. The Hall–Kier alpha value is -1.21. The Morgan fingerprint density at radius 3 is 2.77 bits per heavy atom. The molecule has 2 heterocycles. The van der Waals surface area contributed by atoms with Crippen molar-refractivity contribution in [3.8, 4) is 0 Å². The molecule has 2 aromatic rings. The van der Waals surface area contributed by atoms with Crippen LogP contribution in [0.1, 0.15) is 49.3 Å². The maximum absolute atomic E-state index is 12.4. The molecule has 0 aromatic carbocycles. The van der Waals surface area contributed by atoms with Gasteiger partial charge in [0.15, 0.2) is 0 Å². The fraction of sp³-hybridized carbons (Fsp3) is 0.600. The summed E-state index contributed by atoms with van der Waals surface area (Å²) < 4.78 is 26.8. The van der Waals surface area contributed by atoms with Gasteiger partial charge in [-0.05, 0) is 24.8 Å². The van der Waals surface area contributed by atoms with E-state index in [9.17, 15) is 8.42 Å². The Labute approximate surface area is 135 Å². The molecule has 0 atom stereocenters. The van der Waals surface area contributed by atoms with Gasteiger partial charge in [0.1, 0.15) is 0 Å². The lowest BCUT2D eigenvalue weighted by Gasteiger charge is -2.19. The van der Waals surface area contributed by atoms with E-state index in [0.29, 0.717) is 12.3 Å². The average molecular weight is 339 g/mol. The molecule has 1 saturated carbocycles. The second kappa shape index (κ2) is 6.50. The first-order valence-electron chi connectivity index (χ1n) is 7.70. The molecule has 1 fully saturated rings. The van der Waals surface area contributed by atoms with E-state index in [4.69, 9.17) is 0 Å². The summed E-state index contributed by atoms with van der Waals surface area (Å²) in [5.41, 5.74) is 1.92. The normalized spacial score (nSPS) is 17.0. The third-order valence-electron chi connectivity index (χ3n) is 4.21. The van der Waals surface area contributed by atoms with E-state index < -0.39 is 9.84 Å². The van der Waals surface area contributed by atoms with E-state index in [0.717, 1.165) is 24.1 Å².